The van der Waals surface area contributed by atoms with E-state index in [9.17, 15) is 0 Å². The molecule has 8 heteroatoms. The molecule has 32 heavy (non-hydrogen) atoms. The lowest BCUT2D eigenvalue weighted by Gasteiger charge is -2.28. The van der Waals surface area contributed by atoms with E-state index < -0.39 is 0 Å². The molecule has 4 aromatic rings. The second-order valence-electron chi connectivity index (χ2n) is 8.92. The summed E-state index contributed by atoms with van der Waals surface area (Å²) < 4.78 is 7.98. The van der Waals surface area contributed by atoms with Crippen LogP contribution in [0.2, 0.25) is 0 Å². The molecule has 0 atom stereocenters. The van der Waals surface area contributed by atoms with E-state index in [1.807, 2.05) is 25.5 Å². The molecule has 0 amide bonds. The third-order valence-corrected chi connectivity index (χ3v) is 6.39. The van der Waals surface area contributed by atoms with Gasteiger partial charge in [-0.3, -0.25) is 0 Å². The third kappa shape index (κ3) is 3.83. The predicted molar refractivity (Wildman–Crippen MR) is 127 cm³/mol. The number of hydrogen-bond acceptors (Lipinski definition) is 6. The van der Waals surface area contributed by atoms with Gasteiger partial charge in [0, 0.05) is 53.8 Å². The number of aromatic nitrogens is 6. The standard InChI is InChI=1S/C24H31N7O/c1-5-32-18-8-6-17(7-9-18)29-24-27-13-20-19(12-26-22(20)30-24)16-10-21-23(25-11-16)28-15(4)31(21)14(2)3/h10-14,17-18H,5-9H2,1-4H3,(H2,26,27,29,30). The number of nitrogens with one attached hydrogen (secondary N) is 2. The van der Waals surface area contributed by atoms with Crippen LogP contribution < -0.4 is 5.32 Å². The van der Waals surface area contributed by atoms with E-state index in [1.54, 1.807) is 0 Å². The van der Waals surface area contributed by atoms with Crippen LogP contribution >= 0.6 is 0 Å². The molecule has 0 saturated heterocycles. The summed E-state index contributed by atoms with van der Waals surface area (Å²) in [4.78, 5) is 21.9. The van der Waals surface area contributed by atoms with Gasteiger partial charge < -0.3 is 19.6 Å². The largest absolute Gasteiger partial charge is 0.379 e. The zero-order valence-corrected chi connectivity index (χ0v) is 19.2. The van der Waals surface area contributed by atoms with E-state index in [-0.39, 0.29) is 0 Å². The highest BCUT2D eigenvalue weighted by atomic mass is 16.5. The molecule has 1 saturated carbocycles. The van der Waals surface area contributed by atoms with Crippen LogP contribution in [0, 0.1) is 6.92 Å². The summed E-state index contributed by atoms with van der Waals surface area (Å²) in [5, 5.41) is 4.50. The second kappa shape index (κ2) is 8.50. The molecule has 2 N–H and O–H groups in total. The number of anilines is 1. The molecule has 0 spiro atoms. The smallest absolute Gasteiger partial charge is 0.224 e. The molecular weight excluding hydrogens is 402 g/mol. The number of nitrogens with zero attached hydrogens (tertiary/aromatic N) is 5. The molecule has 8 nitrogen and oxygen atoms in total. The van der Waals surface area contributed by atoms with Crippen LogP contribution in [-0.4, -0.2) is 48.2 Å². The van der Waals surface area contributed by atoms with E-state index in [0.717, 1.165) is 71.4 Å². The second-order valence-corrected chi connectivity index (χ2v) is 8.92. The summed E-state index contributed by atoms with van der Waals surface area (Å²) in [7, 11) is 0. The number of aromatic amines is 1. The minimum absolute atomic E-state index is 0.320. The fraction of sp³-hybridized carbons (Fsp3) is 0.500. The Balaban J connectivity index is 1.39. The molecule has 0 radical (unpaired) electrons. The van der Waals surface area contributed by atoms with Gasteiger partial charge in [0.1, 0.15) is 11.5 Å². The van der Waals surface area contributed by atoms with Gasteiger partial charge in [0.2, 0.25) is 5.95 Å². The first-order valence-corrected chi connectivity index (χ1v) is 11.6. The van der Waals surface area contributed by atoms with Crippen molar-refractivity contribution in [1.29, 1.82) is 0 Å². The summed E-state index contributed by atoms with van der Waals surface area (Å²) in [5.74, 6) is 1.65. The van der Waals surface area contributed by atoms with E-state index in [2.05, 4.69) is 56.7 Å². The molecule has 1 aliphatic rings. The van der Waals surface area contributed by atoms with Gasteiger partial charge in [-0.1, -0.05) is 0 Å². The molecule has 0 aliphatic heterocycles. The minimum Gasteiger partial charge on any atom is -0.379 e. The Morgan fingerprint density at radius 2 is 1.97 bits per heavy atom. The molecule has 0 bridgehead atoms. The highest BCUT2D eigenvalue weighted by molar-refractivity contribution is 5.95. The van der Waals surface area contributed by atoms with E-state index in [4.69, 9.17) is 9.72 Å². The van der Waals surface area contributed by atoms with Crippen LogP contribution in [0.15, 0.2) is 24.7 Å². The van der Waals surface area contributed by atoms with Crippen molar-refractivity contribution in [2.45, 2.75) is 71.6 Å². The molecule has 168 valence electrons. The molecule has 4 aromatic heterocycles. The van der Waals surface area contributed by atoms with Gasteiger partial charge in [-0.2, -0.15) is 4.98 Å². The maximum absolute atomic E-state index is 5.76. The highest BCUT2D eigenvalue weighted by Gasteiger charge is 2.22. The number of ether oxygens (including phenoxy) is 1. The lowest BCUT2D eigenvalue weighted by atomic mass is 9.93. The Morgan fingerprint density at radius 1 is 1.16 bits per heavy atom. The van der Waals surface area contributed by atoms with Gasteiger partial charge in [-0.25, -0.2) is 15.0 Å². The van der Waals surface area contributed by atoms with Crippen molar-refractivity contribution in [2.24, 2.45) is 0 Å². The molecular formula is C24H31N7O. The van der Waals surface area contributed by atoms with Crippen molar-refractivity contribution in [1.82, 2.24) is 29.5 Å². The van der Waals surface area contributed by atoms with Gasteiger partial charge in [-0.15, -0.1) is 0 Å². The van der Waals surface area contributed by atoms with Crippen LogP contribution in [0.4, 0.5) is 5.95 Å². The van der Waals surface area contributed by atoms with Crippen molar-refractivity contribution >= 4 is 28.1 Å². The summed E-state index contributed by atoms with van der Waals surface area (Å²) >= 11 is 0. The number of hydrogen-bond donors (Lipinski definition) is 2. The van der Waals surface area contributed by atoms with Crippen molar-refractivity contribution in [3.8, 4) is 11.1 Å². The summed E-state index contributed by atoms with van der Waals surface area (Å²) in [5.41, 5.74) is 4.73. The van der Waals surface area contributed by atoms with E-state index in [0.29, 0.717) is 24.1 Å². The van der Waals surface area contributed by atoms with Gasteiger partial charge in [0.25, 0.3) is 0 Å². The SMILES string of the molecule is CCOC1CCC(Nc2ncc3c(-c4cnc5nc(C)n(C(C)C)c5c4)c[nH]c3n2)CC1. The normalized spacial score (nSPS) is 19.3. The predicted octanol–water partition coefficient (Wildman–Crippen LogP) is 5.02. The number of H-pyrrole nitrogens is 1. The minimum atomic E-state index is 0.320. The zero-order valence-electron chi connectivity index (χ0n) is 19.2. The number of imidazole rings is 1. The van der Waals surface area contributed by atoms with Gasteiger partial charge in [0.05, 0.1) is 11.6 Å². The lowest BCUT2D eigenvalue weighted by Crippen LogP contribution is -2.30. The maximum atomic E-state index is 5.76. The third-order valence-electron chi connectivity index (χ3n) is 6.39. The first kappa shape index (κ1) is 20.9. The quantitative estimate of drug-likeness (QED) is 0.443. The van der Waals surface area contributed by atoms with Crippen molar-refractivity contribution in [2.75, 3.05) is 11.9 Å². The Bertz CT molecular complexity index is 1230. The van der Waals surface area contributed by atoms with Gasteiger partial charge in [-0.05, 0) is 59.4 Å². The zero-order chi connectivity index (χ0) is 22.2. The van der Waals surface area contributed by atoms with Crippen molar-refractivity contribution in [3.63, 3.8) is 0 Å². The van der Waals surface area contributed by atoms with E-state index in [1.165, 1.54) is 0 Å². The Kier molecular flexibility index (Phi) is 5.55. The first-order chi connectivity index (χ1) is 15.5. The Labute approximate surface area is 187 Å². The van der Waals surface area contributed by atoms with Crippen LogP contribution in [-0.2, 0) is 4.74 Å². The molecule has 5 rings (SSSR count). The molecule has 0 unspecified atom stereocenters. The summed E-state index contributed by atoms with van der Waals surface area (Å²) in [6.07, 6.45) is 10.5. The number of aryl methyl sites for hydroxylation is 1. The first-order valence-electron chi connectivity index (χ1n) is 11.6. The lowest BCUT2D eigenvalue weighted by molar-refractivity contribution is 0.0346. The molecule has 1 fully saturated rings. The number of pyridine rings is 1. The van der Waals surface area contributed by atoms with Crippen LogP contribution in [0.3, 0.4) is 0 Å². The van der Waals surface area contributed by atoms with Crippen LogP contribution in [0.5, 0.6) is 0 Å². The number of fused-ring (bicyclic) bond motifs is 2. The summed E-state index contributed by atoms with van der Waals surface area (Å²) in [6, 6.07) is 2.87. The van der Waals surface area contributed by atoms with Crippen molar-refractivity contribution < 1.29 is 4.74 Å². The van der Waals surface area contributed by atoms with Gasteiger partial charge in [0.15, 0.2) is 5.65 Å². The molecule has 0 aromatic carbocycles. The molecule has 1 aliphatic carbocycles. The number of rotatable bonds is 6. The van der Waals surface area contributed by atoms with Gasteiger partial charge >= 0.3 is 0 Å². The van der Waals surface area contributed by atoms with Crippen LogP contribution in [0.1, 0.15) is 58.3 Å². The fourth-order valence-corrected chi connectivity index (χ4v) is 4.90. The topological polar surface area (TPSA) is 93.5 Å². The van der Waals surface area contributed by atoms with E-state index >= 15 is 0 Å². The monoisotopic (exact) mass is 433 g/mol. The average molecular weight is 434 g/mol. The Hall–Kier alpha value is -3.00. The van der Waals surface area contributed by atoms with Crippen LogP contribution in [0.25, 0.3) is 33.3 Å². The highest BCUT2D eigenvalue weighted by Crippen LogP contribution is 2.31. The summed E-state index contributed by atoms with van der Waals surface area (Å²) in [6.45, 7) is 9.21. The average Bonchev–Trinajstić information content (AvgIpc) is 3.34. The fourth-order valence-electron chi connectivity index (χ4n) is 4.90. The van der Waals surface area contributed by atoms with Crippen molar-refractivity contribution in [3.05, 3.63) is 30.5 Å². The molecule has 4 heterocycles. The maximum Gasteiger partial charge on any atom is 0.224 e. The Morgan fingerprint density at radius 3 is 2.72 bits per heavy atom.